The van der Waals surface area contributed by atoms with Crippen molar-refractivity contribution in [2.24, 2.45) is 5.73 Å². The maximum absolute atomic E-state index is 12.3. The van der Waals surface area contributed by atoms with E-state index in [9.17, 15) is 10.1 Å². The number of aromatic nitrogens is 1. The van der Waals surface area contributed by atoms with Gasteiger partial charge in [0.1, 0.15) is 27.4 Å². The van der Waals surface area contributed by atoms with E-state index in [1.165, 1.54) is 0 Å². The number of nitrogens with one attached hydrogen (secondary N) is 1. The van der Waals surface area contributed by atoms with Crippen LogP contribution in [0, 0.1) is 11.3 Å². The third kappa shape index (κ3) is 4.17. The standard InChI is InChI=1S/C24H23N5O4S/c25-11-14-9-16-19(20-17(26)10-13-3-1-5-18(13)33-20)21(22(27)30)34-24(16)29-23(14)28-6-8-31-12-15-4-2-7-32-15/h1,3,5,9-10,15H,2,4,6-8,12,26H2,(H2,27,30)(H,28,29). The third-order valence-electron chi connectivity index (χ3n) is 5.71. The highest BCUT2D eigenvalue weighted by atomic mass is 32.1. The lowest BCUT2D eigenvalue weighted by molar-refractivity contribution is 0.0206. The van der Waals surface area contributed by atoms with Gasteiger partial charge in [-0.15, -0.1) is 11.3 Å². The van der Waals surface area contributed by atoms with Crippen LogP contribution in [0.1, 0.15) is 28.1 Å². The maximum atomic E-state index is 12.3. The summed E-state index contributed by atoms with van der Waals surface area (Å²) >= 11 is 1.14. The van der Waals surface area contributed by atoms with Crippen LogP contribution in [0.2, 0.25) is 0 Å². The molecule has 4 heterocycles. The molecule has 3 aliphatic rings. The molecule has 1 fully saturated rings. The summed E-state index contributed by atoms with van der Waals surface area (Å²) in [5.41, 5.74) is 14.0. The molecule has 0 saturated carbocycles. The Morgan fingerprint density at radius 1 is 1.38 bits per heavy atom. The summed E-state index contributed by atoms with van der Waals surface area (Å²) in [5, 5.41) is 13.5. The molecule has 2 aromatic rings. The van der Waals surface area contributed by atoms with E-state index in [-0.39, 0.29) is 11.0 Å². The molecule has 1 aliphatic carbocycles. The van der Waals surface area contributed by atoms with Crippen LogP contribution in [0.15, 0.2) is 34.7 Å². The summed E-state index contributed by atoms with van der Waals surface area (Å²) in [5.74, 6) is 0.753. The lowest BCUT2D eigenvalue weighted by Gasteiger charge is -2.12. The monoisotopic (exact) mass is 477 g/mol. The van der Waals surface area contributed by atoms with Crippen LogP contribution < -0.4 is 16.8 Å². The molecule has 1 atom stereocenters. The summed E-state index contributed by atoms with van der Waals surface area (Å²) < 4.78 is 17.3. The molecule has 0 aromatic carbocycles. The molecular formula is C24H23N5O4S. The zero-order valence-corrected chi connectivity index (χ0v) is 19.1. The first-order chi connectivity index (χ1) is 16.5. The third-order valence-corrected chi connectivity index (χ3v) is 6.83. The number of carbonyl (C=O) groups excluding carboxylic acids is 1. The number of pyridine rings is 1. The normalized spacial score (nSPS) is 15.7. The van der Waals surface area contributed by atoms with Crippen LogP contribution in [-0.4, -0.2) is 43.4 Å². The van der Waals surface area contributed by atoms with Crippen LogP contribution in [0.4, 0.5) is 11.5 Å². The number of fused-ring (bicyclic) bond motifs is 2. The molecule has 1 amide bonds. The van der Waals surface area contributed by atoms with Gasteiger partial charge in [-0.25, -0.2) is 4.98 Å². The molecule has 9 nitrogen and oxygen atoms in total. The van der Waals surface area contributed by atoms with E-state index in [0.29, 0.717) is 64.1 Å². The van der Waals surface area contributed by atoms with Gasteiger partial charge in [0.2, 0.25) is 0 Å². The molecule has 5 rings (SSSR count). The van der Waals surface area contributed by atoms with Gasteiger partial charge in [-0.1, -0.05) is 12.1 Å². The quantitative estimate of drug-likeness (QED) is 0.324. The van der Waals surface area contributed by atoms with Gasteiger partial charge in [0, 0.05) is 24.1 Å². The number of hydrogen-bond acceptors (Lipinski definition) is 9. The number of nitrogen functional groups attached to an aromatic ring is 1. The molecule has 174 valence electrons. The van der Waals surface area contributed by atoms with Gasteiger partial charge in [0.15, 0.2) is 5.76 Å². The zero-order chi connectivity index (χ0) is 23.7. The van der Waals surface area contributed by atoms with Crippen molar-refractivity contribution in [2.45, 2.75) is 18.9 Å². The summed E-state index contributed by atoms with van der Waals surface area (Å²) in [6, 6.07) is 11.2. The van der Waals surface area contributed by atoms with Crippen molar-refractivity contribution < 1.29 is 18.7 Å². The highest BCUT2D eigenvalue weighted by molar-refractivity contribution is 7.21. The van der Waals surface area contributed by atoms with Crippen LogP contribution in [0.25, 0.3) is 32.9 Å². The Bertz CT molecular complexity index is 1370. The number of hydrogen-bond donors (Lipinski definition) is 3. The lowest BCUT2D eigenvalue weighted by Crippen LogP contribution is -2.18. The van der Waals surface area contributed by atoms with Crippen LogP contribution in [0.3, 0.4) is 0 Å². The molecule has 2 aliphatic heterocycles. The minimum atomic E-state index is -0.620. The SMILES string of the molecule is N#Cc1cc2c(-c3oc4cccc-4cc3N)c(C(N)=O)sc2nc1NCCOCC1CCCO1. The number of ether oxygens (including phenoxy) is 2. The minimum absolute atomic E-state index is 0.159. The zero-order valence-electron chi connectivity index (χ0n) is 18.3. The van der Waals surface area contributed by atoms with Crippen LogP contribution in [0.5, 0.6) is 0 Å². The second-order valence-electron chi connectivity index (χ2n) is 8.03. The molecule has 5 N–H and O–H groups in total. The largest absolute Gasteiger partial charge is 0.454 e. The van der Waals surface area contributed by atoms with Crippen molar-refractivity contribution in [1.82, 2.24) is 4.98 Å². The number of rotatable bonds is 8. The fraction of sp³-hybridized carbons (Fsp3) is 0.292. The average Bonchev–Trinajstić information content (AvgIpc) is 3.57. The Balaban J connectivity index is 1.46. The predicted octanol–water partition coefficient (Wildman–Crippen LogP) is 3.82. The van der Waals surface area contributed by atoms with Crippen molar-refractivity contribution in [3.8, 4) is 28.7 Å². The number of thiophene rings is 1. The van der Waals surface area contributed by atoms with Gasteiger partial charge in [-0.3, -0.25) is 4.79 Å². The molecule has 0 spiro atoms. The van der Waals surface area contributed by atoms with E-state index < -0.39 is 5.91 Å². The molecule has 0 radical (unpaired) electrons. The van der Waals surface area contributed by atoms with Crippen molar-refractivity contribution in [2.75, 3.05) is 37.4 Å². The first-order valence-electron chi connectivity index (χ1n) is 10.9. The highest BCUT2D eigenvalue weighted by Crippen LogP contribution is 2.43. The Morgan fingerprint density at radius 3 is 3.03 bits per heavy atom. The summed E-state index contributed by atoms with van der Waals surface area (Å²) in [6.45, 7) is 2.25. The predicted molar refractivity (Wildman–Crippen MR) is 130 cm³/mol. The van der Waals surface area contributed by atoms with Gasteiger partial charge >= 0.3 is 0 Å². The van der Waals surface area contributed by atoms with Crippen LogP contribution >= 0.6 is 11.3 Å². The number of amides is 1. The van der Waals surface area contributed by atoms with E-state index in [1.807, 2.05) is 18.2 Å². The lowest BCUT2D eigenvalue weighted by atomic mass is 10.0. The molecular weight excluding hydrogens is 454 g/mol. The molecule has 34 heavy (non-hydrogen) atoms. The average molecular weight is 478 g/mol. The minimum Gasteiger partial charge on any atom is -0.454 e. The Kier molecular flexibility index (Phi) is 6.06. The van der Waals surface area contributed by atoms with E-state index in [4.69, 9.17) is 25.4 Å². The number of anilines is 2. The molecule has 1 saturated heterocycles. The van der Waals surface area contributed by atoms with Crippen molar-refractivity contribution >= 4 is 39.0 Å². The summed E-state index contributed by atoms with van der Waals surface area (Å²) in [7, 11) is 0. The summed E-state index contributed by atoms with van der Waals surface area (Å²) in [6.07, 6.45) is 2.24. The number of primary amides is 1. The van der Waals surface area contributed by atoms with E-state index in [2.05, 4.69) is 16.4 Å². The highest BCUT2D eigenvalue weighted by Gasteiger charge is 2.25. The second-order valence-corrected chi connectivity index (χ2v) is 9.03. The smallest absolute Gasteiger partial charge is 0.259 e. The molecule has 2 aromatic heterocycles. The van der Waals surface area contributed by atoms with Crippen molar-refractivity contribution in [3.05, 3.63) is 40.8 Å². The Morgan fingerprint density at radius 2 is 2.26 bits per heavy atom. The van der Waals surface area contributed by atoms with Crippen LogP contribution in [-0.2, 0) is 9.47 Å². The molecule has 1 unspecified atom stereocenters. The fourth-order valence-corrected chi connectivity index (χ4v) is 5.11. The Hall–Kier alpha value is -3.65. The number of nitriles is 1. The molecule has 10 heteroatoms. The number of nitrogens with two attached hydrogens (primary N) is 2. The van der Waals surface area contributed by atoms with Gasteiger partial charge < -0.3 is 30.7 Å². The van der Waals surface area contributed by atoms with Crippen molar-refractivity contribution in [1.29, 1.82) is 5.26 Å². The van der Waals surface area contributed by atoms with E-state index >= 15 is 0 Å². The van der Waals surface area contributed by atoms with E-state index in [1.54, 1.807) is 12.1 Å². The molecule has 0 bridgehead atoms. The van der Waals surface area contributed by atoms with E-state index in [0.717, 1.165) is 36.3 Å². The van der Waals surface area contributed by atoms with Crippen molar-refractivity contribution in [3.63, 3.8) is 0 Å². The number of nitrogens with zero attached hydrogens (tertiary/aromatic N) is 2. The number of carbonyl (C=O) groups is 1. The van der Waals surface area contributed by atoms with Gasteiger partial charge in [0.25, 0.3) is 5.91 Å². The summed E-state index contributed by atoms with van der Waals surface area (Å²) in [4.78, 5) is 17.7. The van der Waals surface area contributed by atoms with Gasteiger partial charge in [-0.2, -0.15) is 5.26 Å². The first-order valence-corrected chi connectivity index (χ1v) is 11.8. The topological polar surface area (TPSA) is 149 Å². The first kappa shape index (κ1) is 22.2. The second kappa shape index (κ2) is 9.30. The van der Waals surface area contributed by atoms with Gasteiger partial charge in [-0.05, 0) is 31.0 Å². The van der Waals surface area contributed by atoms with Gasteiger partial charge in [0.05, 0.1) is 36.1 Å². The Labute approximate surface area is 199 Å². The fourth-order valence-electron chi connectivity index (χ4n) is 4.10. The maximum Gasteiger partial charge on any atom is 0.259 e.